The van der Waals surface area contributed by atoms with E-state index in [1.54, 1.807) is 6.07 Å². The SMILES string of the molecule is O=C(N[C@@H](c1ccccn1)C(F)(F)F)c1cccc2nccnc12. The van der Waals surface area contributed by atoms with Crippen LogP contribution in [-0.2, 0) is 0 Å². The van der Waals surface area contributed by atoms with Crippen molar-refractivity contribution in [2.75, 3.05) is 0 Å². The van der Waals surface area contributed by atoms with Gasteiger partial charge in [-0.2, -0.15) is 13.2 Å². The second-order valence-corrected chi connectivity index (χ2v) is 4.93. The van der Waals surface area contributed by atoms with Crippen LogP contribution in [0.1, 0.15) is 22.1 Å². The smallest absolute Gasteiger partial charge is 0.335 e. The van der Waals surface area contributed by atoms with Crippen molar-refractivity contribution < 1.29 is 18.0 Å². The topological polar surface area (TPSA) is 67.8 Å². The molecule has 0 fully saturated rings. The van der Waals surface area contributed by atoms with Crippen LogP contribution in [0.5, 0.6) is 0 Å². The van der Waals surface area contributed by atoms with E-state index in [-0.39, 0.29) is 16.8 Å². The summed E-state index contributed by atoms with van der Waals surface area (Å²) in [5.41, 5.74) is 0.390. The molecule has 0 radical (unpaired) electrons. The Kier molecular flexibility index (Phi) is 4.11. The summed E-state index contributed by atoms with van der Waals surface area (Å²) >= 11 is 0. The molecule has 0 unspecified atom stereocenters. The van der Waals surface area contributed by atoms with Crippen LogP contribution in [0.15, 0.2) is 55.0 Å². The number of para-hydroxylation sites is 1. The zero-order valence-electron chi connectivity index (χ0n) is 12.2. The number of pyridine rings is 1. The Bertz CT molecular complexity index is 863. The minimum atomic E-state index is -4.68. The number of hydrogen-bond donors (Lipinski definition) is 1. The number of rotatable bonds is 3. The van der Waals surface area contributed by atoms with Gasteiger partial charge in [-0.25, -0.2) is 0 Å². The summed E-state index contributed by atoms with van der Waals surface area (Å²) < 4.78 is 39.9. The van der Waals surface area contributed by atoms with Gasteiger partial charge >= 0.3 is 6.18 Å². The number of benzene rings is 1. The van der Waals surface area contributed by atoms with Gasteiger partial charge in [-0.05, 0) is 24.3 Å². The number of amides is 1. The molecule has 0 bridgehead atoms. The van der Waals surface area contributed by atoms with E-state index in [0.717, 1.165) is 0 Å². The van der Waals surface area contributed by atoms with Crippen molar-refractivity contribution in [3.8, 4) is 0 Å². The standard InChI is InChI=1S/C16H11F3N4O/c17-16(18,19)14(12-5-1-2-7-20-12)23-15(24)10-4-3-6-11-13(10)22-9-8-21-11/h1-9,14H,(H,23,24)/t14-/m0/s1. The number of alkyl halides is 3. The predicted octanol–water partition coefficient (Wildman–Crippen LogP) is 3.06. The number of carbonyl (C=O) groups excluding carboxylic acids is 1. The zero-order valence-corrected chi connectivity index (χ0v) is 12.2. The fourth-order valence-corrected chi connectivity index (χ4v) is 2.25. The van der Waals surface area contributed by atoms with Crippen LogP contribution in [0.25, 0.3) is 11.0 Å². The number of aromatic nitrogens is 3. The minimum absolute atomic E-state index is 0.0192. The zero-order chi connectivity index (χ0) is 17.2. The number of fused-ring (bicyclic) bond motifs is 1. The molecule has 1 N–H and O–H groups in total. The lowest BCUT2D eigenvalue weighted by Crippen LogP contribution is -2.38. The Morgan fingerprint density at radius 3 is 2.46 bits per heavy atom. The molecule has 122 valence electrons. The van der Waals surface area contributed by atoms with Gasteiger partial charge < -0.3 is 5.32 Å². The summed E-state index contributed by atoms with van der Waals surface area (Å²) in [6.45, 7) is 0. The van der Waals surface area contributed by atoms with Gasteiger partial charge in [0.15, 0.2) is 6.04 Å². The van der Waals surface area contributed by atoms with Crippen molar-refractivity contribution in [1.29, 1.82) is 0 Å². The molecular formula is C16H11F3N4O. The second-order valence-electron chi connectivity index (χ2n) is 4.93. The molecular weight excluding hydrogens is 321 g/mol. The molecule has 8 heteroatoms. The third-order valence-corrected chi connectivity index (χ3v) is 3.33. The summed E-state index contributed by atoms with van der Waals surface area (Å²) in [6.07, 6.45) is -0.626. The maximum Gasteiger partial charge on any atom is 0.414 e. The van der Waals surface area contributed by atoms with Crippen LogP contribution in [0.4, 0.5) is 13.2 Å². The van der Waals surface area contributed by atoms with Crippen LogP contribution in [0.3, 0.4) is 0 Å². The highest BCUT2D eigenvalue weighted by atomic mass is 19.4. The van der Waals surface area contributed by atoms with Gasteiger partial charge in [0, 0.05) is 18.6 Å². The minimum Gasteiger partial charge on any atom is -0.335 e. The van der Waals surface area contributed by atoms with E-state index < -0.39 is 18.1 Å². The molecule has 1 amide bonds. The molecule has 24 heavy (non-hydrogen) atoms. The highest BCUT2D eigenvalue weighted by molar-refractivity contribution is 6.04. The summed E-state index contributed by atoms with van der Waals surface area (Å²) in [5, 5.41) is 1.99. The fourth-order valence-electron chi connectivity index (χ4n) is 2.25. The van der Waals surface area contributed by atoms with Crippen LogP contribution < -0.4 is 5.32 Å². The van der Waals surface area contributed by atoms with E-state index >= 15 is 0 Å². The van der Waals surface area contributed by atoms with Crippen LogP contribution >= 0.6 is 0 Å². The molecule has 0 spiro atoms. The predicted molar refractivity (Wildman–Crippen MR) is 80.0 cm³/mol. The van der Waals surface area contributed by atoms with Crippen molar-refractivity contribution in [3.63, 3.8) is 0 Å². The summed E-state index contributed by atoms with van der Waals surface area (Å²) in [6, 6.07) is 6.49. The number of halogens is 3. The van der Waals surface area contributed by atoms with Crippen molar-refractivity contribution >= 4 is 16.9 Å². The Morgan fingerprint density at radius 1 is 0.958 bits per heavy atom. The Hall–Kier alpha value is -3.03. The highest BCUT2D eigenvalue weighted by Gasteiger charge is 2.43. The molecule has 3 aromatic rings. The van der Waals surface area contributed by atoms with Crippen LogP contribution in [-0.4, -0.2) is 27.0 Å². The monoisotopic (exact) mass is 332 g/mol. The molecule has 0 aliphatic rings. The average molecular weight is 332 g/mol. The third kappa shape index (κ3) is 3.17. The number of nitrogens with zero attached hydrogens (tertiary/aromatic N) is 3. The van der Waals surface area contributed by atoms with Crippen LogP contribution in [0.2, 0.25) is 0 Å². The Balaban J connectivity index is 1.97. The average Bonchev–Trinajstić information content (AvgIpc) is 2.58. The Labute approximate surface area is 134 Å². The first-order chi connectivity index (χ1) is 11.5. The summed E-state index contributed by atoms with van der Waals surface area (Å²) in [4.78, 5) is 24.1. The van der Waals surface area contributed by atoms with Crippen LogP contribution in [0, 0.1) is 0 Å². The summed E-state index contributed by atoms with van der Waals surface area (Å²) in [7, 11) is 0. The van der Waals surface area contributed by atoms with E-state index in [1.807, 2.05) is 5.32 Å². The van der Waals surface area contributed by atoms with E-state index in [9.17, 15) is 18.0 Å². The van der Waals surface area contributed by atoms with Crippen molar-refractivity contribution in [2.24, 2.45) is 0 Å². The molecule has 2 heterocycles. The summed E-state index contributed by atoms with van der Waals surface area (Å²) in [5.74, 6) is -0.894. The van der Waals surface area contributed by atoms with E-state index in [0.29, 0.717) is 5.52 Å². The van der Waals surface area contributed by atoms with E-state index in [4.69, 9.17) is 0 Å². The number of carbonyl (C=O) groups is 1. The van der Waals surface area contributed by atoms with Gasteiger partial charge in [-0.3, -0.25) is 19.7 Å². The molecule has 1 aromatic carbocycles. The lowest BCUT2D eigenvalue weighted by molar-refractivity contribution is -0.156. The van der Waals surface area contributed by atoms with Gasteiger partial charge in [0.1, 0.15) is 5.52 Å². The maximum absolute atomic E-state index is 13.3. The molecule has 0 aliphatic carbocycles. The number of hydrogen-bond acceptors (Lipinski definition) is 4. The molecule has 5 nitrogen and oxygen atoms in total. The molecule has 2 aromatic heterocycles. The molecule has 3 rings (SSSR count). The quantitative estimate of drug-likeness (QED) is 0.800. The highest BCUT2D eigenvalue weighted by Crippen LogP contribution is 2.32. The fraction of sp³-hybridized carbons (Fsp3) is 0.125. The van der Waals surface area contributed by atoms with Gasteiger partial charge in [0.2, 0.25) is 0 Å². The number of nitrogens with one attached hydrogen (secondary N) is 1. The van der Waals surface area contributed by atoms with Crippen molar-refractivity contribution in [3.05, 3.63) is 66.2 Å². The maximum atomic E-state index is 13.3. The van der Waals surface area contributed by atoms with Gasteiger partial charge in [-0.1, -0.05) is 12.1 Å². The first kappa shape index (κ1) is 15.9. The molecule has 0 saturated heterocycles. The van der Waals surface area contributed by atoms with E-state index in [2.05, 4.69) is 15.0 Å². The van der Waals surface area contributed by atoms with Gasteiger partial charge in [-0.15, -0.1) is 0 Å². The molecule has 0 saturated carbocycles. The van der Waals surface area contributed by atoms with Crippen molar-refractivity contribution in [2.45, 2.75) is 12.2 Å². The third-order valence-electron chi connectivity index (χ3n) is 3.33. The lowest BCUT2D eigenvalue weighted by Gasteiger charge is -2.21. The first-order valence-corrected chi connectivity index (χ1v) is 6.95. The Morgan fingerprint density at radius 2 is 1.75 bits per heavy atom. The van der Waals surface area contributed by atoms with Gasteiger partial charge in [0.05, 0.1) is 16.8 Å². The largest absolute Gasteiger partial charge is 0.414 e. The van der Waals surface area contributed by atoms with Gasteiger partial charge in [0.25, 0.3) is 5.91 Å². The second kappa shape index (κ2) is 6.23. The molecule has 1 atom stereocenters. The lowest BCUT2D eigenvalue weighted by atomic mass is 10.1. The normalized spacial score (nSPS) is 12.8. The molecule has 0 aliphatic heterocycles. The van der Waals surface area contributed by atoms with Crippen molar-refractivity contribution in [1.82, 2.24) is 20.3 Å². The van der Waals surface area contributed by atoms with E-state index in [1.165, 1.54) is 48.9 Å². The first-order valence-electron chi connectivity index (χ1n) is 6.95.